The smallest absolute Gasteiger partial charge is 0.253 e. The van der Waals surface area contributed by atoms with E-state index in [9.17, 15) is 9.59 Å². The van der Waals surface area contributed by atoms with E-state index in [4.69, 9.17) is 11.6 Å². The Morgan fingerprint density at radius 1 is 1.08 bits per heavy atom. The largest absolute Gasteiger partial charge is 0.360 e. The number of carbonyl (C=O) groups is 2. The number of carbonyl (C=O) groups excluding carboxylic acids is 2. The van der Waals surface area contributed by atoms with Crippen molar-refractivity contribution < 1.29 is 9.59 Å². The summed E-state index contributed by atoms with van der Waals surface area (Å²) < 4.78 is 1.00. The summed E-state index contributed by atoms with van der Waals surface area (Å²) in [5, 5.41) is 8.13. The number of hydrogen-bond acceptors (Lipinski definition) is 4. The van der Waals surface area contributed by atoms with Crippen molar-refractivity contribution in [2.24, 2.45) is 5.92 Å². The van der Waals surface area contributed by atoms with Crippen LogP contribution in [0.3, 0.4) is 0 Å². The molecule has 8 heteroatoms. The molecule has 1 fully saturated rings. The maximum Gasteiger partial charge on any atom is 0.253 e. The van der Waals surface area contributed by atoms with Crippen LogP contribution in [0.15, 0.2) is 66.9 Å². The number of aromatic nitrogens is 2. The molecule has 1 aliphatic carbocycles. The Morgan fingerprint density at radius 3 is 2.69 bits per heavy atom. The standard InChI is InChI=1S/C28H23ClN4O2S/c1-15(17-3-2-4-20(29)11-17)31-27(35)22-14-30-23-9-7-18(12-21(22)23)19-8-10-24-25(13-19)36-28(32-24)33-26(34)16-5-6-16/h2-4,7-16,30H,5-6H2,1H3,(H,31,35)(H,32,33,34)/t15-/m1/s1. The third-order valence-corrected chi connectivity index (χ3v) is 7.69. The Labute approximate surface area is 216 Å². The fraction of sp³-hybridized carbons (Fsp3) is 0.179. The van der Waals surface area contributed by atoms with Crippen LogP contribution >= 0.6 is 22.9 Å². The monoisotopic (exact) mass is 514 g/mol. The molecule has 1 aliphatic rings. The minimum Gasteiger partial charge on any atom is -0.360 e. The molecule has 2 amide bonds. The first kappa shape index (κ1) is 22.8. The van der Waals surface area contributed by atoms with E-state index in [2.05, 4.69) is 26.7 Å². The average Bonchev–Trinajstić information content (AvgIpc) is 3.52. The van der Waals surface area contributed by atoms with Gasteiger partial charge in [0.2, 0.25) is 5.91 Å². The molecule has 1 atom stereocenters. The molecule has 2 aromatic heterocycles. The zero-order valence-electron chi connectivity index (χ0n) is 19.5. The Kier molecular flexibility index (Phi) is 5.74. The maximum absolute atomic E-state index is 13.1. The fourth-order valence-electron chi connectivity index (χ4n) is 4.33. The topological polar surface area (TPSA) is 86.9 Å². The number of anilines is 1. The molecule has 0 unspecified atom stereocenters. The van der Waals surface area contributed by atoms with Crippen LogP contribution in [0.2, 0.25) is 5.02 Å². The van der Waals surface area contributed by atoms with Gasteiger partial charge in [-0.3, -0.25) is 9.59 Å². The van der Waals surface area contributed by atoms with E-state index >= 15 is 0 Å². The first-order valence-electron chi connectivity index (χ1n) is 11.8. The van der Waals surface area contributed by atoms with Gasteiger partial charge in [-0.15, -0.1) is 0 Å². The number of aromatic amines is 1. The van der Waals surface area contributed by atoms with E-state index in [0.717, 1.165) is 50.7 Å². The first-order valence-corrected chi connectivity index (χ1v) is 13.0. The highest BCUT2D eigenvalue weighted by Crippen LogP contribution is 2.34. The zero-order chi connectivity index (χ0) is 24.8. The van der Waals surface area contributed by atoms with Crippen LogP contribution in [-0.4, -0.2) is 21.8 Å². The number of benzene rings is 3. The van der Waals surface area contributed by atoms with Gasteiger partial charge >= 0.3 is 0 Å². The second-order valence-corrected chi connectivity index (χ2v) is 10.6. The zero-order valence-corrected chi connectivity index (χ0v) is 21.0. The Morgan fingerprint density at radius 2 is 1.89 bits per heavy atom. The highest BCUT2D eigenvalue weighted by molar-refractivity contribution is 7.22. The lowest BCUT2D eigenvalue weighted by atomic mass is 10.0. The van der Waals surface area contributed by atoms with Crippen molar-refractivity contribution in [1.82, 2.24) is 15.3 Å². The molecule has 0 spiro atoms. The second-order valence-electron chi connectivity index (χ2n) is 9.18. The summed E-state index contributed by atoms with van der Waals surface area (Å²) in [4.78, 5) is 33.0. The summed E-state index contributed by atoms with van der Waals surface area (Å²) in [5.74, 6) is 0.0445. The molecule has 0 aliphatic heterocycles. The molecular weight excluding hydrogens is 492 g/mol. The van der Waals surface area contributed by atoms with Crippen molar-refractivity contribution in [2.75, 3.05) is 5.32 Å². The molecule has 6 nitrogen and oxygen atoms in total. The van der Waals surface area contributed by atoms with Crippen molar-refractivity contribution in [3.8, 4) is 11.1 Å². The van der Waals surface area contributed by atoms with Crippen molar-refractivity contribution in [2.45, 2.75) is 25.8 Å². The number of nitrogens with zero attached hydrogens (tertiary/aromatic N) is 1. The van der Waals surface area contributed by atoms with Crippen molar-refractivity contribution in [1.29, 1.82) is 0 Å². The summed E-state index contributed by atoms with van der Waals surface area (Å²) in [5.41, 5.74) is 5.30. The summed E-state index contributed by atoms with van der Waals surface area (Å²) in [6.07, 6.45) is 3.67. The van der Waals surface area contributed by atoms with Crippen molar-refractivity contribution in [3.05, 3.63) is 83.0 Å². The maximum atomic E-state index is 13.1. The van der Waals surface area contributed by atoms with Gasteiger partial charge in [0.1, 0.15) is 0 Å². The predicted octanol–water partition coefficient (Wildman–Crippen LogP) is 6.94. The molecule has 1 saturated carbocycles. The van der Waals surface area contributed by atoms with E-state index in [1.807, 2.05) is 61.5 Å². The van der Waals surface area contributed by atoms with E-state index in [1.165, 1.54) is 11.3 Å². The molecule has 0 bridgehead atoms. The highest BCUT2D eigenvalue weighted by atomic mass is 35.5. The first-order chi connectivity index (χ1) is 17.4. The molecule has 2 heterocycles. The SMILES string of the molecule is C[C@@H](NC(=O)c1c[nH]c2ccc(-c3ccc4nc(NC(=O)C5CC5)sc4c3)cc12)c1cccc(Cl)c1. The van der Waals surface area contributed by atoms with Crippen LogP contribution in [0.5, 0.6) is 0 Å². The lowest BCUT2D eigenvalue weighted by Crippen LogP contribution is -2.26. The number of rotatable bonds is 6. The molecule has 5 aromatic rings. The number of fused-ring (bicyclic) bond motifs is 2. The lowest BCUT2D eigenvalue weighted by Gasteiger charge is -2.14. The molecule has 3 aromatic carbocycles. The number of H-pyrrole nitrogens is 1. The van der Waals surface area contributed by atoms with Gasteiger partial charge in [0.15, 0.2) is 5.13 Å². The minimum atomic E-state index is -0.187. The molecule has 6 rings (SSSR count). The number of amides is 2. The van der Waals surface area contributed by atoms with Gasteiger partial charge in [0, 0.05) is 28.0 Å². The summed E-state index contributed by atoms with van der Waals surface area (Å²) >= 11 is 7.59. The van der Waals surface area contributed by atoms with Gasteiger partial charge in [-0.25, -0.2) is 4.98 Å². The molecule has 0 saturated heterocycles. The van der Waals surface area contributed by atoms with Crippen LogP contribution in [0, 0.1) is 5.92 Å². The van der Waals surface area contributed by atoms with Crippen LogP contribution in [0.4, 0.5) is 5.13 Å². The number of nitrogens with one attached hydrogen (secondary N) is 3. The molecule has 180 valence electrons. The third kappa shape index (κ3) is 4.47. The summed E-state index contributed by atoms with van der Waals surface area (Å²) in [6.45, 7) is 1.94. The normalized spacial score (nSPS) is 14.2. The Bertz CT molecular complexity index is 1640. The molecule has 0 radical (unpaired) electrons. The van der Waals surface area contributed by atoms with Crippen molar-refractivity contribution >= 4 is 61.0 Å². The average molecular weight is 515 g/mol. The van der Waals surface area contributed by atoms with Gasteiger partial charge < -0.3 is 15.6 Å². The van der Waals surface area contributed by atoms with Crippen LogP contribution in [-0.2, 0) is 4.79 Å². The van der Waals surface area contributed by atoms with Crippen LogP contribution < -0.4 is 10.6 Å². The van der Waals surface area contributed by atoms with E-state index in [-0.39, 0.29) is 23.8 Å². The van der Waals surface area contributed by atoms with Gasteiger partial charge in [-0.05, 0) is 72.9 Å². The second kappa shape index (κ2) is 9.08. The van der Waals surface area contributed by atoms with Crippen LogP contribution in [0.1, 0.15) is 41.7 Å². The van der Waals surface area contributed by atoms with E-state index < -0.39 is 0 Å². The van der Waals surface area contributed by atoms with E-state index in [1.54, 1.807) is 6.20 Å². The lowest BCUT2D eigenvalue weighted by molar-refractivity contribution is -0.117. The highest BCUT2D eigenvalue weighted by Gasteiger charge is 2.30. The summed E-state index contributed by atoms with van der Waals surface area (Å²) in [7, 11) is 0. The van der Waals surface area contributed by atoms with E-state index in [0.29, 0.717) is 15.7 Å². The summed E-state index contributed by atoms with van der Waals surface area (Å²) in [6, 6.07) is 19.4. The minimum absolute atomic E-state index is 0.0580. The van der Waals surface area contributed by atoms with Gasteiger partial charge in [-0.1, -0.05) is 47.2 Å². The fourth-order valence-corrected chi connectivity index (χ4v) is 5.44. The quantitative estimate of drug-likeness (QED) is 0.229. The number of halogens is 1. The van der Waals surface area contributed by atoms with Gasteiger partial charge in [-0.2, -0.15) is 0 Å². The Hall–Kier alpha value is -3.68. The number of thiazole rings is 1. The molecule has 3 N–H and O–H groups in total. The Balaban J connectivity index is 1.27. The van der Waals surface area contributed by atoms with Crippen molar-refractivity contribution in [3.63, 3.8) is 0 Å². The van der Waals surface area contributed by atoms with Gasteiger partial charge in [0.25, 0.3) is 5.91 Å². The van der Waals surface area contributed by atoms with Crippen LogP contribution in [0.25, 0.3) is 32.2 Å². The molecule has 36 heavy (non-hydrogen) atoms. The number of hydrogen-bond donors (Lipinski definition) is 3. The third-order valence-electron chi connectivity index (χ3n) is 6.52. The molecular formula is C28H23ClN4O2S. The van der Waals surface area contributed by atoms with Gasteiger partial charge in [0.05, 0.1) is 21.8 Å². The predicted molar refractivity (Wildman–Crippen MR) is 146 cm³/mol.